The van der Waals surface area contributed by atoms with Crippen LogP contribution in [0.3, 0.4) is 0 Å². The zero-order chi connectivity index (χ0) is 13.9. The number of methoxy groups -OCH3 is 2. The van der Waals surface area contributed by atoms with Crippen LogP contribution < -0.4 is 4.74 Å². The molecule has 1 fully saturated rings. The normalized spacial score (nSPS) is 16.6. The molecule has 1 heterocycles. The maximum atomic E-state index is 11.3. The van der Waals surface area contributed by atoms with E-state index in [0.717, 1.165) is 22.2 Å². The van der Waals surface area contributed by atoms with Crippen LogP contribution in [0.2, 0.25) is 0 Å². The van der Waals surface area contributed by atoms with Gasteiger partial charge in [-0.2, -0.15) is 0 Å². The minimum atomic E-state index is -0.182. The second-order valence-electron chi connectivity index (χ2n) is 4.70. The first-order chi connectivity index (χ1) is 9.11. The number of ether oxygens (including phenoxy) is 3. The van der Waals surface area contributed by atoms with Gasteiger partial charge >= 0.3 is 5.97 Å². The Kier molecular flexibility index (Phi) is 4.47. The van der Waals surface area contributed by atoms with E-state index >= 15 is 0 Å². The van der Waals surface area contributed by atoms with Crippen LogP contribution in [0.5, 0.6) is 5.75 Å². The molecular formula is C14H17BrO4. The Morgan fingerprint density at radius 1 is 1.42 bits per heavy atom. The fourth-order valence-corrected chi connectivity index (χ4v) is 2.78. The first kappa shape index (κ1) is 14.3. The van der Waals surface area contributed by atoms with Gasteiger partial charge in [0.25, 0.3) is 0 Å². The standard InChI is InChI=1S/C14H17BrO4/c1-17-12-4-3-10(7-11(12)15)14(8-19-9-14)6-5-13(16)18-2/h3-4,7H,5-6,8-9H2,1-2H3. The maximum Gasteiger partial charge on any atom is 0.305 e. The van der Waals surface area contributed by atoms with Crippen LogP contribution in [0.4, 0.5) is 0 Å². The van der Waals surface area contributed by atoms with Crippen molar-refractivity contribution in [1.82, 2.24) is 0 Å². The maximum absolute atomic E-state index is 11.3. The van der Waals surface area contributed by atoms with Gasteiger partial charge in [0.05, 0.1) is 31.9 Å². The Labute approximate surface area is 121 Å². The van der Waals surface area contributed by atoms with Crippen molar-refractivity contribution >= 4 is 21.9 Å². The Hall–Kier alpha value is -1.07. The van der Waals surface area contributed by atoms with Gasteiger partial charge in [0.1, 0.15) is 5.75 Å². The smallest absolute Gasteiger partial charge is 0.305 e. The van der Waals surface area contributed by atoms with Crippen LogP contribution in [0.1, 0.15) is 18.4 Å². The van der Waals surface area contributed by atoms with Crippen LogP contribution in [0, 0.1) is 0 Å². The number of benzene rings is 1. The molecule has 19 heavy (non-hydrogen) atoms. The summed E-state index contributed by atoms with van der Waals surface area (Å²) in [6.45, 7) is 1.28. The molecule has 1 aliphatic rings. The zero-order valence-corrected chi connectivity index (χ0v) is 12.7. The highest BCUT2D eigenvalue weighted by Gasteiger charge is 2.40. The number of carbonyl (C=O) groups is 1. The number of rotatable bonds is 5. The Bertz CT molecular complexity index is 469. The average molecular weight is 329 g/mol. The second kappa shape index (κ2) is 5.92. The summed E-state index contributed by atoms with van der Waals surface area (Å²) in [6, 6.07) is 6.00. The summed E-state index contributed by atoms with van der Waals surface area (Å²) in [5.41, 5.74) is 1.08. The lowest BCUT2D eigenvalue weighted by Crippen LogP contribution is -2.47. The average Bonchev–Trinajstić information content (AvgIpc) is 2.37. The van der Waals surface area contributed by atoms with Gasteiger partial charge in [-0.15, -0.1) is 0 Å². The first-order valence-electron chi connectivity index (χ1n) is 6.10. The van der Waals surface area contributed by atoms with E-state index in [9.17, 15) is 4.79 Å². The Morgan fingerprint density at radius 2 is 2.16 bits per heavy atom. The molecule has 0 saturated carbocycles. The van der Waals surface area contributed by atoms with Crippen molar-refractivity contribution in [2.45, 2.75) is 18.3 Å². The van der Waals surface area contributed by atoms with Crippen molar-refractivity contribution in [3.05, 3.63) is 28.2 Å². The highest BCUT2D eigenvalue weighted by Crippen LogP contribution is 2.39. The van der Waals surface area contributed by atoms with E-state index in [4.69, 9.17) is 14.2 Å². The highest BCUT2D eigenvalue weighted by molar-refractivity contribution is 9.10. The van der Waals surface area contributed by atoms with E-state index < -0.39 is 0 Å². The van der Waals surface area contributed by atoms with Crippen molar-refractivity contribution in [1.29, 1.82) is 0 Å². The molecule has 0 radical (unpaired) electrons. The van der Waals surface area contributed by atoms with Gasteiger partial charge in [0.2, 0.25) is 0 Å². The summed E-state index contributed by atoms with van der Waals surface area (Å²) in [4.78, 5) is 11.3. The molecule has 0 aromatic heterocycles. The third kappa shape index (κ3) is 2.92. The van der Waals surface area contributed by atoms with Gasteiger partial charge in [-0.3, -0.25) is 4.79 Å². The second-order valence-corrected chi connectivity index (χ2v) is 5.55. The summed E-state index contributed by atoms with van der Waals surface area (Å²) >= 11 is 3.49. The van der Waals surface area contributed by atoms with Crippen molar-refractivity contribution < 1.29 is 19.0 Å². The third-order valence-electron chi connectivity index (χ3n) is 3.56. The fourth-order valence-electron chi connectivity index (χ4n) is 2.24. The number of halogens is 1. The number of carbonyl (C=O) groups excluding carboxylic acids is 1. The fraction of sp³-hybridized carbons (Fsp3) is 0.500. The summed E-state index contributed by atoms with van der Waals surface area (Å²) in [6.07, 6.45) is 1.14. The molecule has 0 unspecified atom stereocenters. The van der Waals surface area contributed by atoms with Crippen LogP contribution in [-0.2, 0) is 19.7 Å². The molecule has 0 amide bonds. The van der Waals surface area contributed by atoms with E-state index in [-0.39, 0.29) is 11.4 Å². The van der Waals surface area contributed by atoms with Gasteiger partial charge in [0.15, 0.2) is 0 Å². The molecule has 1 aliphatic heterocycles. The predicted octanol–water partition coefficient (Wildman–Crippen LogP) is 2.68. The third-order valence-corrected chi connectivity index (χ3v) is 4.18. The van der Waals surface area contributed by atoms with E-state index in [0.29, 0.717) is 19.6 Å². The van der Waals surface area contributed by atoms with Crippen LogP contribution in [0.25, 0.3) is 0 Å². The van der Waals surface area contributed by atoms with Crippen molar-refractivity contribution in [2.24, 2.45) is 0 Å². The molecule has 5 heteroatoms. The molecule has 0 N–H and O–H groups in total. The summed E-state index contributed by atoms with van der Waals surface area (Å²) < 4.78 is 16.2. The number of hydrogen-bond acceptors (Lipinski definition) is 4. The Morgan fingerprint density at radius 3 is 2.63 bits per heavy atom. The van der Waals surface area contributed by atoms with Gasteiger partial charge in [-0.05, 0) is 40.0 Å². The predicted molar refractivity (Wildman–Crippen MR) is 74.4 cm³/mol. The van der Waals surface area contributed by atoms with Gasteiger partial charge in [-0.25, -0.2) is 0 Å². The molecule has 0 atom stereocenters. The monoisotopic (exact) mass is 328 g/mol. The van der Waals surface area contributed by atoms with Gasteiger partial charge in [0, 0.05) is 11.8 Å². The minimum absolute atomic E-state index is 0.0804. The first-order valence-corrected chi connectivity index (χ1v) is 6.89. The summed E-state index contributed by atoms with van der Waals surface area (Å²) in [5.74, 6) is 0.617. The van der Waals surface area contributed by atoms with E-state index in [1.807, 2.05) is 18.2 Å². The molecule has 104 valence electrons. The van der Waals surface area contributed by atoms with Crippen LogP contribution >= 0.6 is 15.9 Å². The number of esters is 1. The Balaban J connectivity index is 2.16. The number of hydrogen-bond donors (Lipinski definition) is 0. The van der Waals surface area contributed by atoms with Crippen molar-refractivity contribution in [2.75, 3.05) is 27.4 Å². The molecule has 1 saturated heterocycles. The van der Waals surface area contributed by atoms with Crippen molar-refractivity contribution in [3.63, 3.8) is 0 Å². The molecule has 1 aromatic carbocycles. The largest absolute Gasteiger partial charge is 0.496 e. The molecule has 0 bridgehead atoms. The van der Waals surface area contributed by atoms with Crippen LogP contribution in [-0.4, -0.2) is 33.4 Å². The van der Waals surface area contributed by atoms with Crippen LogP contribution in [0.15, 0.2) is 22.7 Å². The quantitative estimate of drug-likeness (QED) is 0.779. The van der Waals surface area contributed by atoms with E-state index in [2.05, 4.69) is 15.9 Å². The van der Waals surface area contributed by atoms with Crippen molar-refractivity contribution in [3.8, 4) is 5.75 Å². The molecular weight excluding hydrogens is 312 g/mol. The summed E-state index contributed by atoms with van der Waals surface area (Å²) in [5, 5.41) is 0. The molecule has 1 aromatic rings. The van der Waals surface area contributed by atoms with E-state index in [1.54, 1.807) is 7.11 Å². The molecule has 0 aliphatic carbocycles. The molecule has 2 rings (SSSR count). The summed E-state index contributed by atoms with van der Waals surface area (Å²) in [7, 11) is 3.05. The highest BCUT2D eigenvalue weighted by atomic mass is 79.9. The lowest BCUT2D eigenvalue weighted by Gasteiger charge is -2.42. The lowest BCUT2D eigenvalue weighted by atomic mass is 9.75. The topological polar surface area (TPSA) is 44.8 Å². The molecule has 4 nitrogen and oxygen atoms in total. The zero-order valence-electron chi connectivity index (χ0n) is 11.1. The van der Waals surface area contributed by atoms with Gasteiger partial charge < -0.3 is 14.2 Å². The van der Waals surface area contributed by atoms with Gasteiger partial charge in [-0.1, -0.05) is 6.07 Å². The minimum Gasteiger partial charge on any atom is -0.496 e. The van der Waals surface area contributed by atoms with E-state index in [1.165, 1.54) is 7.11 Å². The SMILES string of the molecule is COC(=O)CCC1(c2ccc(OC)c(Br)c2)COC1. The molecule has 0 spiro atoms. The lowest BCUT2D eigenvalue weighted by molar-refractivity contribution is -0.142.